The fourth-order valence-electron chi connectivity index (χ4n) is 3.22. The Bertz CT molecular complexity index is 767. The van der Waals surface area contributed by atoms with Crippen molar-refractivity contribution in [2.45, 2.75) is 50.8 Å². The molecule has 0 saturated heterocycles. The van der Waals surface area contributed by atoms with Crippen molar-refractivity contribution in [3.8, 4) is 0 Å². The Balaban J connectivity index is 3.06. The molecular formula is C25H36N2O6. The molecule has 8 heteroatoms. The van der Waals surface area contributed by atoms with E-state index in [1.54, 1.807) is 19.1 Å². The van der Waals surface area contributed by atoms with E-state index in [4.69, 9.17) is 14.6 Å². The number of rotatable bonds is 16. The van der Waals surface area contributed by atoms with Gasteiger partial charge in [0.2, 0.25) is 11.8 Å². The van der Waals surface area contributed by atoms with E-state index in [1.807, 2.05) is 30.3 Å². The number of benzene rings is 1. The second-order valence-corrected chi connectivity index (χ2v) is 7.80. The number of carbonyl (C=O) groups excluding carboxylic acids is 3. The van der Waals surface area contributed by atoms with Crippen molar-refractivity contribution in [1.29, 1.82) is 0 Å². The molecule has 0 fully saturated rings. The van der Waals surface area contributed by atoms with Gasteiger partial charge in [0, 0.05) is 26.0 Å². The Hall–Kier alpha value is -2.97. The largest absolute Gasteiger partial charge is 0.455 e. The molecule has 4 atom stereocenters. The molecule has 3 N–H and O–H groups in total. The number of aliphatic hydroxyl groups is 1. The molecule has 1 aromatic rings. The van der Waals surface area contributed by atoms with Crippen molar-refractivity contribution in [2.24, 2.45) is 5.92 Å². The third-order valence-corrected chi connectivity index (χ3v) is 4.91. The zero-order valence-electron chi connectivity index (χ0n) is 19.5. The number of esters is 1. The normalized spacial score (nSPS) is 14.3. The third kappa shape index (κ3) is 10.5. The van der Waals surface area contributed by atoms with Gasteiger partial charge in [0.15, 0.2) is 0 Å². The number of methoxy groups -OCH3 is 1. The number of amides is 2. The van der Waals surface area contributed by atoms with E-state index in [-0.39, 0.29) is 44.3 Å². The van der Waals surface area contributed by atoms with E-state index in [1.165, 1.54) is 7.11 Å². The lowest BCUT2D eigenvalue weighted by Gasteiger charge is -2.29. The van der Waals surface area contributed by atoms with Crippen molar-refractivity contribution < 1.29 is 29.0 Å². The molecule has 0 aliphatic heterocycles. The van der Waals surface area contributed by atoms with Gasteiger partial charge in [0.25, 0.3) is 0 Å². The monoisotopic (exact) mass is 460 g/mol. The van der Waals surface area contributed by atoms with Gasteiger partial charge in [0.1, 0.15) is 6.10 Å². The molecule has 0 aliphatic rings. The van der Waals surface area contributed by atoms with Gasteiger partial charge < -0.3 is 25.2 Å². The van der Waals surface area contributed by atoms with E-state index < -0.39 is 30.1 Å². The minimum atomic E-state index is -0.778. The van der Waals surface area contributed by atoms with Gasteiger partial charge in [-0.2, -0.15) is 0 Å². The van der Waals surface area contributed by atoms with E-state index in [0.29, 0.717) is 12.0 Å². The number of aliphatic hydroxyl groups excluding tert-OH is 1. The van der Waals surface area contributed by atoms with Crippen molar-refractivity contribution in [2.75, 3.05) is 20.3 Å². The Morgan fingerprint density at radius 3 is 2.39 bits per heavy atom. The molecule has 182 valence electrons. The lowest BCUT2D eigenvalue weighted by Crippen LogP contribution is -2.47. The molecule has 0 saturated carbocycles. The molecule has 8 nitrogen and oxygen atoms in total. The molecule has 0 aliphatic carbocycles. The van der Waals surface area contributed by atoms with Gasteiger partial charge in [0.05, 0.1) is 25.2 Å². The topological polar surface area (TPSA) is 114 Å². The summed E-state index contributed by atoms with van der Waals surface area (Å²) in [4.78, 5) is 37.8. The van der Waals surface area contributed by atoms with E-state index in [2.05, 4.69) is 23.8 Å². The summed E-state index contributed by atoms with van der Waals surface area (Å²) in [7, 11) is 1.49. The lowest BCUT2D eigenvalue weighted by atomic mass is 9.97. The Morgan fingerprint density at radius 1 is 1.12 bits per heavy atom. The molecule has 0 heterocycles. The van der Waals surface area contributed by atoms with Gasteiger partial charge in [-0.05, 0) is 25.3 Å². The first-order valence-corrected chi connectivity index (χ1v) is 11.0. The van der Waals surface area contributed by atoms with Gasteiger partial charge in [-0.25, -0.2) is 0 Å². The Kier molecular flexibility index (Phi) is 13.4. The maximum absolute atomic E-state index is 13.1. The quantitative estimate of drug-likeness (QED) is 0.258. The van der Waals surface area contributed by atoms with Crippen LogP contribution >= 0.6 is 0 Å². The molecule has 1 rings (SSSR count). The average Bonchev–Trinajstić information content (AvgIpc) is 2.81. The second-order valence-electron chi connectivity index (χ2n) is 7.80. The average molecular weight is 461 g/mol. The number of hydrogen-bond donors (Lipinski definition) is 3. The minimum Gasteiger partial charge on any atom is -0.455 e. The zero-order valence-corrected chi connectivity index (χ0v) is 19.5. The van der Waals surface area contributed by atoms with Crippen LogP contribution in [0.3, 0.4) is 0 Å². The predicted molar refractivity (Wildman–Crippen MR) is 126 cm³/mol. The summed E-state index contributed by atoms with van der Waals surface area (Å²) < 4.78 is 11.0. The summed E-state index contributed by atoms with van der Waals surface area (Å²) in [5, 5.41) is 14.7. The Labute approximate surface area is 196 Å². The number of hydrogen-bond acceptors (Lipinski definition) is 6. The first-order valence-electron chi connectivity index (χ1n) is 11.0. The van der Waals surface area contributed by atoms with E-state index >= 15 is 0 Å². The summed E-state index contributed by atoms with van der Waals surface area (Å²) in [5.41, 5.74) is 0.710. The van der Waals surface area contributed by atoms with Gasteiger partial charge >= 0.3 is 5.97 Å². The fraction of sp³-hybridized carbons (Fsp3) is 0.480. The van der Waals surface area contributed by atoms with Crippen LogP contribution in [0.5, 0.6) is 0 Å². The smallest absolute Gasteiger partial charge is 0.306 e. The molecule has 33 heavy (non-hydrogen) atoms. The summed E-state index contributed by atoms with van der Waals surface area (Å²) in [5.74, 6) is -1.83. The van der Waals surface area contributed by atoms with E-state index in [0.717, 1.165) is 0 Å². The lowest BCUT2D eigenvalue weighted by molar-refractivity contribution is -0.153. The number of carbonyl (C=O) groups is 3. The summed E-state index contributed by atoms with van der Waals surface area (Å²) in [6.07, 6.45) is 3.28. The highest BCUT2D eigenvalue weighted by Crippen LogP contribution is 2.24. The summed E-state index contributed by atoms with van der Waals surface area (Å²) in [6.45, 7) is 8.86. The van der Waals surface area contributed by atoms with Crippen LogP contribution in [-0.2, 0) is 23.9 Å². The highest BCUT2D eigenvalue weighted by Gasteiger charge is 2.31. The Morgan fingerprint density at radius 2 is 1.82 bits per heavy atom. The van der Waals surface area contributed by atoms with Gasteiger partial charge in [-0.1, -0.05) is 42.5 Å². The highest BCUT2D eigenvalue weighted by atomic mass is 16.5. The van der Waals surface area contributed by atoms with Crippen LogP contribution in [0.25, 0.3) is 0 Å². The summed E-state index contributed by atoms with van der Waals surface area (Å²) in [6, 6.07) is 8.01. The summed E-state index contributed by atoms with van der Waals surface area (Å²) >= 11 is 0. The van der Waals surface area contributed by atoms with Crippen LogP contribution in [0.4, 0.5) is 0 Å². The van der Waals surface area contributed by atoms with Crippen molar-refractivity contribution in [3.63, 3.8) is 0 Å². The number of allylic oxidation sites excluding steroid dienone is 2. The first kappa shape index (κ1) is 28.1. The van der Waals surface area contributed by atoms with Crippen LogP contribution in [-0.4, -0.2) is 55.3 Å². The SMILES string of the molecule is C=CCCC(=O)OC(c1ccccc1)C(COC)NC(=O)C(CC=C)CC(=O)NC(C)CO. The fourth-order valence-corrected chi connectivity index (χ4v) is 3.22. The highest BCUT2D eigenvalue weighted by molar-refractivity contribution is 5.86. The van der Waals surface area contributed by atoms with Crippen LogP contribution in [0.1, 0.15) is 44.3 Å². The zero-order chi connectivity index (χ0) is 24.6. The van der Waals surface area contributed by atoms with Gasteiger partial charge in [-0.15, -0.1) is 13.2 Å². The van der Waals surface area contributed by atoms with Gasteiger partial charge in [-0.3, -0.25) is 14.4 Å². The maximum Gasteiger partial charge on any atom is 0.306 e. The molecule has 4 unspecified atom stereocenters. The molecule has 1 aromatic carbocycles. The van der Waals surface area contributed by atoms with Crippen LogP contribution in [0.2, 0.25) is 0 Å². The minimum absolute atomic E-state index is 0.0724. The second kappa shape index (κ2) is 15.8. The first-order chi connectivity index (χ1) is 15.9. The van der Waals surface area contributed by atoms with Crippen LogP contribution in [0, 0.1) is 5.92 Å². The van der Waals surface area contributed by atoms with Crippen LogP contribution in [0.15, 0.2) is 55.6 Å². The van der Waals surface area contributed by atoms with E-state index in [9.17, 15) is 14.4 Å². The molecule has 2 amide bonds. The maximum atomic E-state index is 13.1. The number of nitrogens with one attached hydrogen (secondary N) is 2. The molecule has 0 spiro atoms. The molecule has 0 aromatic heterocycles. The molecular weight excluding hydrogens is 424 g/mol. The third-order valence-electron chi connectivity index (χ3n) is 4.91. The number of ether oxygens (including phenoxy) is 2. The predicted octanol–water partition coefficient (Wildman–Crippen LogP) is 2.45. The molecule has 0 bridgehead atoms. The van der Waals surface area contributed by atoms with Crippen molar-refractivity contribution >= 4 is 17.8 Å². The standard InChI is InChI=1S/C25H36N2O6/c1-5-7-14-23(30)33-24(19-12-9-8-10-13-19)21(17-32-4)27-25(31)20(11-6-2)15-22(29)26-18(3)16-28/h5-6,8-10,12-13,18,20-21,24,28H,1-2,7,11,14-17H2,3-4H3,(H,26,29)(H,27,31). The van der Waals surface area contributed by atoms with Crippen LogP contribution < -0.4 is 10.6 Å². The van der Waals surface area contributed by atoms with Crippen molar-refractivity contribution in [3.05, 3.63) is 61.2 Å². The van der Waals surface area contributed by atoms with Crippen molar-refractivity contribution in [1.82, 2.24) is 10.6 Å². The molecule has 0 radical (unpaired) electrons.